The van der Waals surface area contributed by atoms with E-state index in [9.17, 15) is 4.21 Å². The van der Waals surface area contributed by atoms with Crippen LogP contribution in [0.5, 0.6) is 0 Å². The molecule has 2 atom stereocenters. The Kier molecular flexibility index (Phi) is 2.78. The molecule has 0 aliphatic carbocycles. The van der Waals surface area contributed by atoms with Crippen LogP contribution in [0, 0.1) is 0 Å². The van der Waals surface area contributed by atoms with Gasteiger partial charge in [0.25, 0.3) is 0 Å². The van der Waals surface area contributed by atoms with E-state index < -0.39 is 10.8 Å². The first-order valence-corrected chi connectivity index (χ1v) is 5.81. The maximum absolute atomic E-state index is 11.6. The fraction of sp³-hybridized carbons (Fsp3) is 1.00. The second kappa shape index (κ2) is 3.85. The monoisotopic (exact) mass is 190 g/mol. The third-order valence-electron chi connectivity index (χ3n) is 2.29. The van der Waals surface area contributed by atoms with Crippen LogP contribution in [0.25, 0.3) is 0 Å². The zero-order valence-corrected chi connectivity index (χ0v) is 7.85. The van der Waals surface area contributed by atoms with E-state index in [0.29, 0.717) is 11.4 Å². The highest BCUT2D eigenvalue weighted by atomic mass is 32.2. The summed E-state index contributed by atoms with van der Waals surface area (Å²) in [5.74, 6) is 0.741. The zero-order chi connectivity index (χ0) is 8.39. The quantitative estimate of drug-likeness (QED) is 0.601. The standard InChI is InChI=1S/C8H14O3S/c9-12(6-7-5-11-7)8-1-3-10-4-2-8/h7-8H,1-6H2. The first-order valence-electron chi connectivity index (χ1n) is 4.43. The Hall–Kier alpha value is 0.0700. The van der Waals surface area contributed by atoms with Gasteiger partial charge in [-0.1, -0.05) is 0 Å². The van der Waals surface area contributed by atoms with E-state index in [1.807, 2.05) is 0 Å². The molecule has 0 radical (unpaired) electrons. The van der Waals surface area contributed by atoms with E-state index in [2.05, 4.69) is 0 Å². The van der Waals surface area contributed by atoms with E-state index in [0.717, 1.165) is 38.4 Å². The Morgan fingerprint density at radius 2 is 2.00 bits per heavy atom. The molecule has 0 saturated carbocycles. The van der Waals surface area contributed by atoms with Crippen LogP contribution in [-0.2, 0) is 20.3 Å². The van der Waals surface area contributed by atoms with Crippen LogP contribution in [0.15, 0.2) is 0 Å². The minimum Gasteiger partial charge on any atom is -0.381 e. The van der Waals surface area contributed by atoms with Crippen LogP contribution < -0.4 is 0 Å². The minimum absolute atomic E-state index is 0.300. The second-order valence-corrected chi connectivity index (χ2v) is 5.08. The summed E-state index contributed by atoms with van der Waals surface area (Å²) < 4.78 is 21.9. The maximum atomic E-state index is 11.6. The van der Waals surface area contributed by atoms with Crippen molar-refractivity contribution in [3.8, 4) is 0 Å². The Morgan fingerprint density at radius 1 is 1.33 bits per heavy atom. The van der Waals surface area contributed by atoms with Gasteiger partial charge in [-0.25, -0.2) is 0 Å². The summed E-state index contributed by atoms with van der Waals surface area (Å²) >= 11 is 0. The Bertz CT molecular complexity index is 173. The number of epoxide rings is 1. The molecular weight excluding hydrogens is 176 g/mol. The van der Waals surface area contributed by atoms with E-state index in [-0.39, 0.29) is 0 Å². The van der Waals surface area contributed by atoms with Gasteiger partial charge in [0, 0.05) is 29.3 Å². The van der Waals surface area contributed by atoms with Gasteiger partial charge in [0.2, 0.25) is 0 Å². The summed E-state index contributed by atoms with van der Waals surface area (Å²) in [6.45, 7) is 2.37. The summed E-state index contributed by atoms with van der Waals surface area (Å²) in [5.41, 5.74) is 0. The Labute approximate surface area is 74.9 Å². The average molecular weight is 190 g/mol. The molecule has 0 aromatic heterocycles. The van der Waals surface area contributed by atoms with E-state index in [1.165, 1.54) is 0 Å². The average Bonchev–Trinajstić information content (AvgIpc) is 2.90. The fourth-order valence-electron chi connectivity index (χ4n) is 1.42. The maximum Gasteiger partial charge on any atom is 0.0924 e. The lowest BCUT2D eigenvalue weighted by Gasteiger charge is -2.20. The number of hydrogen-bond donors (Lipinski definition) is 0. The van der Waals surface area contributed by atoms with Crippen molar-refractivity contribution in [2.45, 2.75) is 24.2 Å². The molecule has 0 aromatic rings. The van der Waals surface area contributed by atoms with Gasteiger partial charge in [0.15, 0.2) is 0 Å². The van der Waals surface area contributed by atoms with E-state index in [4.69, 9.17) is 9.47 Å². The highest BCUT2D eigenvalue weighted by molar-refractivity contribution is 7.85. The van der Waals surface area contributed by atoms with Gasteiger partial charge in [-0.3, -0.25) is 4.21 Å². The molecule has 2 aliphatic rings. The summed E-state index contributed by atoms with van der Waals surface area (Å²) in [6, 6.07) is 0. The molecule has 2 fully saturated rings. The minimum atomic E-state index is -0.679. The van der Waals surface area contributed by atoms with Crippen LogP contribution >= 0.6 is 0 Å². The smallest absolute Gasteiger partial charge is 0.0924 e. The highest BCUT2D eigenvalue weighted by Crippen LogP contribution is 2.18. The summed E-state index contributed by atoms with van der Waals surface area (Å²) in [7, 11) is -0.679. The predicted molar refractivity (Wildman–Crippen MR) is 46.6 cm³/mol. The lowest BCUT2D eigenvalue weighted by molar-refractivity contribution is 0.0992. The van der Waals surface area contributed by atoms with Gasteiger partial charge in [0.1, 0.15) is 0 Å². The molecule has 12 heavy (non-hydrogen) atoms. The molecule has 0 N–H and O–H groups in total. The van der Waals surface area contributed by atoms with Gasteiger partial charge in [-0.2, -0.15) is 0 Å². The molecule has 4 heteroatoms. The Balaban J connectivity index is 1.76. The van der Waals surface area contributed by atoms with Gasteiger partial charge >= 0.3 is 0 Å². The molecular formula is C8H14O3S. The third-order valence-corrected chi connectivity index (χ3v) is 4.21. The Morgan fingerprint density at radius 3 is 2.58 bits per heavy atom. The summed E-state index contributed by atoms with van der Waals surface area (Å²) in [4.78, 5) is 0. The van der Waals surface area contributed by atoms with Crippen molar-refractivity contribution in [3.05, 3.63) is 0 Å². The zero-order valence-electron chi connectivity index (χ0n) is 7.03. The lowest BCUT2D eigenvalue weighted by atomic mass is 10.2. The molecule has 0 bridgehead atoms. The van der Waals surface area contributed by atoms with Crippen molar-refractivity contribution in [3.63, 3.8) is 0 Å². The van der Waals surface area contributed by atoms with Crippen molar-refractivity contribution >= 4 is 10.8 Å². The predicted octanol–water partition coefficient (Wildman–Crippen LogP) is 0.313. The third kappa shape index (κ3) is 2.28. The normalized spacial score (nSPS) is 33.2. The molecule has 70 valence electrons. The molecule has 0 amide bonds. The van der Waals surface area contributed by atoms with Gasteiger partial charge < -0.3 is 9.47 Å². The van der Waals surface area contributed by atoms with Crippen LogP contribution in [0.4, 0.5) is 0 Å². The topological polar surface area (TPSA) is 38.8 Å². The van der Waals surface area contributed by atoms with Gasteiger partial charge in [-0.05, 0) is 12.8 Å². The van der Waals surface area contributed by atoms with Crippen LogP contribution in [0.2, 0.25) is 0 Å². The molecule has 3 nitrogen and oxygen atoms in total. The lowest BCUT2D eigenvalue weighted by Crippen LogP contribution is -2.27. The van der Waals surface area contributed by atoms with Crippen LogP contribution in [-0.4, -0.2) is 41.1 Å². The second-order valence-electron chi connectivity index (χ2n) is 3.31. The van der Waals surface area contributed by atoms with Crippen molar-refractivity contribution in [1.82, 2.24) is 0 Å². The number of rotatable bonds is 3. The molecule has 0 aromatic carbocycles. The molecule has 2 aliphatic heterocycles. The number of hydrogen-bond acceptors (Lipinski definition) is 3. The molecule has 2 heterocycles. The van der Waals surface area contributed by atoms with Crippen molar-refractivity contribution in [2.75, 3.05) is 25.6 Å². The fourth-order valence-corrected chi connectivity index (χ4v) is 2.97. The van der Waals surface area contributed by atoms with Crippen LogP contribution in [0.1, 0.15) is 12.8 Å². The molecule has 2 rings (SSSR count). The van der Waals surface area contributed by atoms with E-state index in [1.54, 1.807) is 0 Å². The summed E-state index contributed by atoms with van der Waals surface area (Å²) in [6.07, 6.45) is 2.22. The molecule has 2 saturated heterocycles. The largest absolute Gasteiger partial charge is 0.381 e. The molecule has 2 unspecified atom stereocenters. The van der Waals surface area contributed by atoms with Gasteiger partial charge in [0.05, 0.1) is 18.5 Å². The first-order chi connectivity index (χ1) is 5.86. The SMILES string of the molecule is O=S(CC1CO1)C1CCOCC1. The van der Waals surface area contributed by atoms with Crippen molar-refractivity contribution in [2.24, 2.45) is 0 Å². The first kappa shape index (κ1) is 8.66. The number of ether oxygens (including phenoxy) is 2. The van der Waals surface area contributed by atoms with Crippen molar-refractivity contribution in [1.29, 1.82) is 0 Å². The van der Waals surface area contributed by atoms with Crippen molar-refractivity contribution < 1.29 is 13.7 Å². The molecule has 0 spiro atoms. The highest BCUT2D eigenvalue weighted by Gasteiger charge is 2.29. The van der Waals surface area contributed by atoms with E-state index >= 15 is 0 Å². The van der Waals surface area contributed by atoms with Crippen LogP contribution in [0.3, 0.4) is 0 Å². The summed E-state index contributed by atoms with van der Waals surface area (Å²) in [5, 5.41) is 0.364. The van der Waals surface area contributed by atoms with Gasteiger partial charge in [-0.15, -0.1) is 0 Å².